The molecule has 1 heterocycles. The van der Waals surface area contributed by atoms with Crippen LogP contribution in [0.25, 0.3) is 0 Å². The molecule has 0 spiro atoms. The van der Waals surface area contributed by atoms with E-state index in [-0.39, 0.29) is 30.3 Å². The molecule has 2 rings (SSSR count). The lowest BCUT2D eigenvalue weighted by molar-refractivity contribution is -0.129. The van der Waals surface area contributed by atoms with Crippen molar-refractivity contribution in [2.45, 2.75) is 38.1 Å². The maximum atomic E-state index is 12.0. The lowest BCUT2D eigenvalue weighted by Gasteiger charge is -2.24. The van der Waals surface area contributed by atoms with Crippen LogP contribution >= 0.6 is 11.3 Å². The van der Waals surface area contributed by atoms with Gasteiger partial charge in [0.2, 0.25) is 11.8 Å². The number of hydrogen-bond acceptors (Lipinski definition) is 4. The summed E-state index contributed by atoms with van der Waals surface area (Å²) >= 11 is 1.69. The van der Waals surface area contributed by atoms with Gasteiger partial charge >= 0.3 is 0 Å². The minimum Gasteiger partial charge on any atom is -0.353 e. The van der Waals surface area contributed by atoms with Crippen LogP contribution in [0.4, 0.5) is 0 Å². The summed E-state index contributed by atoms with van der Waals surface area (Å²) in [6, 6.07) is 4.25. The van der Waals surface area contributed by atoms with Gasteiger partial charge in [0.1, 0.15) is 0 Å². The van der Waals surface area contributed by atoms with E-state index < -0.39 is 0 Å². The number of carbonyl (C=O) groups is 2. The summed E-state index contributed by atoms with van der Waals surface area (Å²) in [5.41, 5.74) is 0. The number of amides is 2. The number of nitrogens with one attached hydrogen (secondary N) is 2. The Labute approximate surface area is 142 Å². The molecule has 128 valence electrons. The zero-order valence-corrected chi connectivity index (χ0v) is 14.8. The van der Waals surface area contributed by atoms with E-state index in [0.29, 0.717) is 6.54 Å². The lowest BCUT2D eigenvalue weighted by Crippen LogP contribution is -2.42. The smallest absolute Gasteiger partial charge is 0.239 e. The van der Waals surface area contributed by atoms with Crippen LogP contribution in [0.5, 0.6) is 0 Å². The summed E-state index contributed by atoms with van der Waals surface area (Å²) in [4.78, 5) is 27.3. The maximum Gasteiger partial charge on any atom is 0.239 e. The first kappa shape index (κ1) is 17.9. The molecule has 0 radical (unpaired) electrons. The number of carbonyl (C=O) groups excluding carboxylic acids is 2. The highest BCUT2D eigenvalue weighted by molar-refractivity contribution is 7.10. The van der Waals surface area contributed by atoms with Crippen LogP contribution in [0.2, 0.25) is 0 Å². The molecule has 0 bridgehead atoms. The topological polar surface area (TPSA) is 61.4 Å². The Morgan fingerprint density at radius 2 is 2.00 bits per heavy atom. The van der Waals surface area contributed by atoms with Crippen LogP contribution < -0.4 is 10.6 Å². The van der Waals surface area contributed by atoms with E-state index in [1.54, 1.807) is 11.3 Å². The fourth-order valence-corrected chi connectivity index (χ4v) is 3.89. The standard InChI is InChI=1S/C17H27N3O2S/c1-20(2)14(15-9-6-10-23-15)11-18-16(21)12-19-17(22)13-7-4-3-5-8-13/h6,9-10,13-14H,3-5,7-8,11-12H2,1-2H3,(H,18,21)(H,19,22). The minimum atomic E-state index is -0.127. The van der Waals surface area contributed by atoms with Crippen LogP contribution in [0.1, 0.15) is 43.0 Å². The first-order chi connectivity index (χ1) is 11.1. The Hall–Kier alpha value is -1.40. The molecule has 6 heteroatoms. The van der Waals surface area contributed by atoms with Gasteiger partial charge < -0.3 is 15.5 Å². The van der Waals surface area contributed by atoms with Gasteiger partial charge in [0, 0.05) is 17.3 Å². The first-order valence-corrected chi connectivity index (χ1v) is 9.20. The van der Waals surface area contributed by atoms with Gasteiger partial charge in [-0.25, -0.2) is 0 Å². The molecule has 0 saturated heterocycles. The van der Waals surface area contributed by atoms with E-state index in [1.165, 1.54) is 11.3 Å². The molecular formula is C17H27N3O2S. The van der Waals surface area contributed by atoms with Crippen molar-refractivity contribution >= 4 is 23.2 Å². The quantitative estimate of drug-likeness (QED) is 0.801. The van der Waals surface area contributed by atoms with Crippen molar-refractivity contribution in [2.75, 3.05) is 27.2 Å². The average Bonchev–Trinajstić information content (AvgIpc) is 3.07. The van der Waals surface area contributed by atoms with Crippen molar-refractivity contribution in [3.63, 3.8) is 0 Å². The molecule has 1 saturated carbocycles. The van der Waals surface area contributed by atoms with Crippen LogP contribution in [0.3, 0.4) is 0 Å². The van der Waals surface area contributed by atoms with E-state index in [4.69, 9.17) is 0 Å². The minimum absolute atomic E-state index is 0.0299. The maximum absolute atomic E-state index is 12.0. The number of rotatable bonds is 7. The van der Waals surface area contributed by atoms with Gasteiger partial charge in [-0.05, 0) is 38.4 Å². The zero-order valence-electron chi connectivity index (χ0n) is 14.0. The monoisotopic (exact) mass is 337 g/mol. The molecule has 0 aliphatic heterocycles. The second-order valence-corrected chi connectivity index (χ2v) is 7.33. The van der Waals surface area contributed by atoms with Gasteiger partial charge in [0.25, 0.3) is 0 Å². The van der Waals surface area contributed by atoms with Gasteiger partial charge in [-0.2, -0.15) is 0 Å². The van der Waals surface area contributed by atoms with E-state index in [1.807, 2.05) is 25.5 Å². The van der Waals surface area contributed by atoms with Gasteiger partial charge in [-0.3, -0.25) is 9.59 Å². The Morgan fingerprint density at radius 3 is 2.61 bits per heavy atom. The number of likely N-dealkylation sites (N-methyl/N-ethyl adjacent to an activating group) is 1. The van der Waals surface area contributed by atoms with Crippen molar-refractivity contribution in [3.8, 4) is 0 Å². The third-order valence-corrected chi connectivity index (χ3v) is 5.36. The van der Waals surface area contributed by atoms with Gasteiger partial charge in [0.05, 0.1) is 12.6 Å². The lowest BCUT2D eigenvalue weighted by atomic mass is 9.89. The van der Waals surface area contributed by atoms with Crippen molar-refractivity contribution in [1.29, 1.82) is 0 Å². The molecule has 1 aromatic rings. The molecule has 2 amide bonds. The summed E-state index contributed by atoms with van der Waals surface area (Å²) in [6.45, 7) is 0.617. The second kappa shape index (κ2) is 9.03. The fraction of sp³-hybridized carbons (Fsp3) is 0.647. The molecule has 5 nitrogen and oxygen atoms in total. The van der Waals surface area contributed by atoms with Crippen molar-refractivity contribution in [1.82, 2.24) is 15.5 Å². The predicted octanol–water partition coefficient (Wildman–Crippen LogP) is 2.16. The highest BCUT2D eigenvalue weighted by Crippen LogP contribution is 2.23. The molecule has 1 atom stereocenters. The Morgan fingerprint density at radius 1 is 1.26 bits per heavy atom. The predicted molar refractivity (Wildman–Crippen MR) is 93.3 cm³/mol. The molecule has 23 heavy (non-hydrogen) atoms. The molecule has 0 aromatic carbocycles. The van der Waals surface area contributed by atoms with E-state index in [0.717, 1.165) is 25.7 Å². The highest BCUT2D eigenvalue weighted by Gasteiger charge is 2.21. The van der Waals surface area contributed by atoms with Gasteiger partial charge in [0.15, 0.2) is 0 Å². The molecule has 1 aliphatic carbocycles. The third kappa shape index (κ3) is 5.62. The Balaban J connectivity index is 1.72. The van der Waals surface area contributed by atoms with Crippen LogP contribution in [0, 0.1) is 5.92 Å². The highest BCUT2D eigenvalue weighted by atomic mass is 32.1. The van der Waals surface area contributed by atoms with E-state index in [2.05, 4.69) is 21.6 Å². The summed E-state index contributed by atoms with van der Waals surface area (Å²) in [5, 5.41) is 7.74. The second-order valence-electron chi connectivity index (χ2n) is 6.35. The summed E-state index contributed by atoms with van der Waals surface area (Å²) < 4.78 is 0. The fourth-order valence-electron chi connectivity index (χ4n) is 2.97. The summed E-state index contributed by atoms with van der Waals surface area (Å²) in [7, 11) is 4.00. The van der Waals surface area contributed by atoms with Crippen LogP contribution in [-0.4, -0.2) is 43.9 Å². The molecule has 1 fully saturated rings. The van der Waals surface area contributed by atoms with Crippen molar-refractivity contribution in [3.05, 3.63) is 22.4 Å². The molecule has 2 N–H and O–H groups in total. The van der Waals surface area contributed by atoms with Crippen LogP contribution in [-0.2, 0) is 9.59 Å². The average molecular weight is 337 g/mol. The first-order valence-electron chi connectivity index (χ1n) is 8.32. The number of hydrogen-bond donors (Lipinski definition) is 2. The number of thiophene rings is 1. The SMILES string of the molecule is CN(C)C(CNC(=O)CNC(=O)C1CCCCC1)c1cccs1. The van der Waals surface area contributed by atoms with Gasteiger partial charge in [-0.15, -0.1) is 11.3 Å². The Bertz CT molecular complexity index is 496. The van der Waals surface area contributed by atoms with E-state index in [9.17, 15) is 9.59 Å². The molecule has 1 aliphatic rings. The van der Waals surface area contributed by atoms with Gasteiger partial charge in [-0.1, -0.05) is 25.3 Å². The molecule has 1 unspecified atom stereocenters. The van der Waals surface area contributed by atoms with Crippen molar-refractivity contribution < 1.29 is 9.59 Å². The summed E-state index contributed by atoms with van der Waals surface area (Å²) in [6.07, 6.45) is 5.37. The van der Waals surface area contributed by atoms with Crippen molar-refractivity contribution in [2.24, 2.45) is 5.92 Å². The largest absolute Gasteiger partial charge is 0.353 e. The molecular weight excluding hydrogens is 310 g/mol. The van der Waals surface area contributed by atoms with Crippen LogP contribution in [0.15, 0.2) is 17.5 Å². The third-order valence-electron chi connectivity index (χ3n) is 4.39. The summed E-state index contributed by atoms with van der Waals surface area (Å²) in [5.74, 6) is -0.00276. The molecule has 1 aromatic heterocycles. The Kier molecular flexibility index (Phi) is 7.05. The normalized spacial score (nSPS) is 17.0. The zero-order chi connectivity index (χ0) is 16.7. The number of nitrogens with zero attached hydrogens (tertiary/aromatic N) is 1. The van der Waals surface area contributed by atoms with E-state index >= 15 is 0 Å².